The zero-order valence-corrected chi connectivity index (χ0v) is 9.88. The molecule has 0 aliphatic carbocycles. The zero-order valence-electron chi connectivity index (χ0n) is 9.88. The molecule has 2 aromatic rings. The van der Waals surface area contributed by atoms with Gasteiger partial charge in [-0.05, 0) is 12.1 Å². The average Bonchev–Trinajstić information content (AvgIpc) is 2.92. The van der Waals surface area contributed by atoms with E-state index < -0.39 is 53.2 Å². The van der Waals surface area contributed by atoms with Gasteiger partial charge in [0.1, 0.15) is 24.1 Å². The lowest BCUT2D eigenvalue weighted by Crippen LogP contribution is -2.21. The maximum absolute atomic E-state index is 13.3. The molecule has 0 saturated heterocycles. The van der Waals surface area contributed by atoms with Crippen LogP contribution in [0.2, 0.25) is 0 Å². The van der Waals surface area contributed by atoms with Gasteiger partial charge in [-0.3, -0.25) is 0 Å². The molecule has 0 spiro atoms. The topological polar surface area (TPSA) is 62.5 Å². The molecule has 112 valence electrons. The summed E-state index contributed by atoms with van der Waals surface area (Å²) in [4.78, 5) is 10.4. The summed E-state index contributed by atoms with van der Waals surface area (Å²) in [6.45, 7) is -0.744. The molecule has 0 unspecified atom stereocenters. The van der Waals surface area contributed by atoms with E-state index in [-0.39, 0.29) is 5.76 Å². The molecule has 0 saturated carbocycles. The number of rotatable bonds is 4. The van der Waals surface area contributed by atoms with Gasteiger partial charge in [0.05, 0.1) is 0 Å². The highest BCUT2D eigenvalue weighted by Crippen LogP contribution is 2.29. The fourth-order valence-corrected chi connectivity index (χ4v) is 1.42. The first-order chi connectivity index (χ1) is 9.82. The molecule has 0 N–H and O–H groups in total. The largest absolute Gasteiger partial charge is 0.542 e. The van der Waals surface area contributed by atoms with Crippen LogP contribution in [0.1, 0.15) is 16.3 Å². The Labute approximate surface area is 113 Å². The van der Waals surface area contributed by atoms with Crippen molar-refractivity contribution in [2.24, 2.45) is 0 Å². The average molecular weight is 307 g/mol. The lowest BCUT2D eigenvalue weighted by atomic mass is 10.2. The van der Waals surface area contributed by atoms with Crippen molar-refractivity contribution in [3.8, 4) is 5.75 Å². The highest BCUT2D eigenvalue weighted by atomic mass is 19.2. The number of hydrogen-bond acceptors (Lipinski definition) is 4. The minimum Gasteiger partial charge on any atom is -0.542 e. The standard InChI is InChI=1S/C12H5F5O4/c13-6-7(14)9(16)11(10(17)8(6)15)20-3-4-1-2-5(21-4)12(18)19/h1-2H,3H2,(H,18,19)/p-1. The number of halogens is 5. The molecule has 0 fully saturated rings. The molecular weight excluding hydrogens is 303 g/mol. The predicted molar refractivity (Wildman–Crippen MR) is 53.6 cm³/mol. The Bertz CT molecular complexity index is 681. The van der Waals surface area contributed by atoms with Crippen LogP contribution in [0.25, 0.3) is 0 Å². The fraction of sp³-hybridized carbons (Fsp3) is 0.0833. The maximum atomic E-state index is 13.3. The summed E-state index contributed by atoms with van der Waals surface area (Å²) in [5.74, 6) is -14.8. The quantitative estimate of drug-likeness (QED) is 0.492. The summed E-state index contributed by atoms with van der Waals surface area (Å²) in [6.07, 6.45) is 0. The number of ether oxygens (including phenoxy) is 1. The molecule has 0 radical (unpaired) electrons. The van der Waals surface area contributed by atoms with Gasteiger partial charge in [0, 0.05) is 0 Å². The van der Waals surface area contributed by atoms with Crippen LogP contribution in [0.15, 0.2) is 16.5 Å². The van der Waals surface area contributed by atoms with E-state index in [0.29, 0.717) is 0 Å². The predicted octanol–water partition coefficient (Wildman–Crippen LogP) is 1.92. The Morgan fingerprint density at radius 3 is 2.00 bits per heavy atom. The van der Waals surface area contributed by atoms with E-state index in [2.05, 4.69) is 9.15 Å². The third kappa shape index (κ3) is 2.67. The number of benzene rings is 1. The Hall–Kier alpha value is -2.58. The number of carbonyl (C=O) groups excluding carboxylic acids is 1. The van der Waals surface area contributed by atoms with Gasteiger partial charge < -0.3 is 19.1 Å². The SMILES string of the molecule is O=C([O-])c1ccc(COc2c(F)c(F)c(F)c(F)c2F)o1. The number of furan rings is 1. The van der Waals surface area contributed by atoms with Gasteiger partial charge in [-0.15, -0.1) is 0 Å². The fourth-order valence-electron chi connectivity index (χ4n) is 1.42. The Morgan fingerprint density at radius 2 is 1.52 bits per heavy atom. The second-order valence-corrected chi connectivity index (χ2v) is 3.74. The minimum atomic E-state index is -2.31. The second kappa shape index (κ2) is 5.43. The molecule has 0 aliphatic heterocycles. The van der Waals surface area contributed by atoms with Gasteiger partial charge >= 0.3 is 0 Å². The molecule has 1 heterocycles. The molecule has 4 nitrogen and oxygen atoms in total. The van der Waals surface area contributed by atoms with Gasteiger partial charge in [-0.1, -0.05) is 0 Å². The Kier molecular flexibility index (Phi) is 3.83. The van der Waals surface area contributed by atoms with E-state index >= 15 is 0 Å². The maximum Gasteiger partial charge on any atom is 0.207 e. The van der Waals surface area contributed by atoms with Crippen LogP contribution >= 0.6 is 0 Å². The van der Waals surface area contributed by atoms with E-state index in [0.717, 1.165) is 12.1 Å². The van der Waals surface area contributed by atoms with Crippen LogP contribution in [0, 0.1) is 29.1 Å². The van der Waals surface area contributed by atoms with Crippen molar-refractivity contribution in [2.75, 3.05) is 0 Å². The van der Waals surface area contributed by atoms with Crippen molar-refractivity contribution in [1.82, 2.24) is 0 Å². The first-order valence-electron chi connectivity index (χ1n) is 5.27. The number of aromatic carboxylic acids is 1. The van der Waals surface area contributed by atoms with Gasteiger partial charge in [0.15, 0.2) is 5.75 Å². The molecule has 0 bridgehead atoms. The highest BCUT2D eigenvalue weighted by molar-refractivity contribution is 5.82. The van der Waals surface area contributed by atoms with Crippen LogP contribution in [0.4, 0.5) is 22.0 Å². The van der Waals surface area contributed by atoms with Crippen LogP contribution < -0.4 is 9.84 Å². The van der Waals surface area contributed by atoms with Gasteiger partial charge in [-0.2, -0.15) is 8.78 Å². The monoisotopic (exact) mass is 307 g/mol. The highest BCUT2D eigenvalue weighted by Gasteiger charge is 2.27. The molecule has 0 atom stereocenters. The van der Waals surface area contributed by atoms with Crippen molar-refractivity contribution < 1.29 is 41.0 Å². The van der Waals surface area contributed by atoms with Crippen LogP contribution in [0.5, 0.6) is 5.75 Å². The molecule has 0 amide bonds. The van der Waals surface area contributed by atoms with E-state index in [1.165, 1.54) is 0 Å². The van der Waals surface area contributed by atoms with Crippen LogP contribution in [-0.2, 0) is 6.61 Å². The number of hydrogen-bond donors (Lipinski definition) is 0. The molecule has 2 rings (SSSR count). The molecule has 21 heavy (non-hydrogen) atoms. The van der Waals surface area contributed by atoms with Crippen molar-refractivity contribution in [3.63, 3.8) is 0 Å². The van der Waals surface area contributed by atoms with Crippen molar-refractivity contribution in [1.29, 1.82) is 0 Å². The van der Waals surface area contributed by atoms with Gasteiger partial charge in [0.25, 0.3) is 0 Å². The summed E-state index contributed by atoms with van der Waals surface area (Å²) < 4.78 is 74.2. The summed E-state index contributed by atoms with van der Waals surface area (Å²) in [5, 5.41) is 10.4. The van der Waals surface area contributed by atoms with Crippen molar-refractivity contribution >= 4 is 5.97 Å². The normalized spacial score (nSPS) is 10.7. The van der Waals surface area contributed by atoms with E-state index in [9.17, 15) is 31.9 Å². The summed E-state index contributed by atoms with van der Waals surface area (Å²) in [7, 11) is 0. The Balaban J connectivity index is 2.26. The molecule has 1 aromatic carbocycles. The summed E-state index contributed by atoms with van der Waals surface area (Å²) in [6, 6.07) is 2.06. The minimum absolute atomic E-state index is 0.210. The van der Waals surface area contributed by atoms with Crippen molar-refractivity contribution in [3.05, 3.63) is 52.7 Å². The van der Waals surface area contributed by atoms with Crippen LogP contribution in [-0.4, -0.2) is 5.97 Å². The first-order valence-corrected chi connectivity index (χ1v) is 5.27. The zero-order chi connectivity index (χ0) is 15.7. The molecular formula is C12H4F5O4-. The lowest BCUT2D eigenvalue weighted by Gasteiger charge is -2.09. The Morgan fingerprint density at radius 1 is 1.00 bits per heavy atom. The number of carbonyl (C=O) groups is 1. The lowest BCUT2D eigenvalue weighted by molar-refractivity contribution is -0.257. The third-order valence-electron chi connectivity index (χ3n) is 2.39. The summed E-state index contributed by atoms with van der Waals surface area (Å²) in [5.41, 5.74) is 0. The van der Waals surface area contributed by atoms with Crippen molar-refractivity contribution in [2.45, 2.75) is 6.61 Å². The molecule has 0 aliphatic rings. The van der Waals surface area contributed by atoms with Gasteiger partial charge in [0.2, 0.25) is 29.1 Å². The smallest absolute Gasteiger partial charge is 0.207 e. The number of carboxylic acids is 1. The van der Waals surface area contributed by atoms with E-state index in [4.69, 9.17) is 0 Å². The first kappa shape index (κ1) is 14.8. The van der Waals surface area contributed by atoms with E-state index in [1.807, 2.05) is 0 Å². The molecule has 1 aromatic heterocycles. The van der Waals surface area contributed by atoms with Gasteiger partial charge in [-0.25, -0.2) is 13.2 Å². The summed E-state index contributed by atoms with van der Waals surface area (Å²) >= 11 is 0. The molecule has 9 heteroatoms. The van der Waals surface area contributed by atoms with E-state index in [1.54, 1.807) is 0 Å². The second-order valence-electron chi connectivity index (χ2n) is 3.74. The number of carboxylic acid groups (broad SMARTS) is 1. The van der Waals surface area contributed by atoms with Crippen LogP contribution in [0.3, 0.4) is 0 Å². The third-order valence-corrected chi connectivity index (χ3v) is 2.39.